The third-order valence-electron chi connectivity index (χ3n) is 1.66. The van der Waals surface area contributed by atoms with E-state index in [1.165, 1.54) is 17.1 Å². The fourth-order valence-corrected chi connectivity index (χ4v) is 1.02. The minimum absolute atomic E-state index is 0. The molecule has 0 aromatic rings. The molecule has 0 aromatic carbocycles. The summed E-state index contributed by atoms with van der Waals surface area (Å²) < 4.78 is 0. The molecule has 4 nitrogen and oxygen atoms in total. The van der Waals surface area contributed by atoms with E-state index in [-0.39, 0.29) is 13.2 Å². The van der Waals surface area contributed by atoms with Crippen LogP contribution in [0.5, 0.6) is 0 Å². The summed E-state index contributed by atoms with van der Waals surface area (Å²) in [5.74, 6) is -0.421. The molecular formula is C8H14N2O2. The van der Waals surface area contributed by atoms with Crippen LogP contribution in [0.1, 0.15) is 8.35 Å². The maximum atomic E-state index is 11.0. The molecule has 0 aliphatic carbocycles. The van der Waals surface area contributed by atoms with Crippen LogP contribution in [-0.2, 0) is 9.59 Å². The lowest BCUT2D eigenvalue weighted by Crippen LogP contribution is -2.36. The lowest BCUT2D eigenvalue weighted by atomic mass is 10.5. The van der Waals surface area contributed by atoms with Crippen LogP contribution in [0.2, 0.25) is 0 Å². The number of carbonyl (C=O) groups excluding carboxylic acids is 2. The summed E-state index contributed by atoms with van der Waals surface area (Å²) in [7, 11) is 0. The molecule has 2 amide bonds. The molecule has 12 heavy (non-hydrogen) atoms. The number of hydrogen-bond donors (Lipinski definition) is 1. The SMILES string of the molecule is CCNCCN1C(=O)C=CC1=O.[HH]. The Morgan fingerprint density at radius 1 is 1.42 bits per heavy atom. The van der Waals surface area contributed by atoms with Crippen LogP contribution in [0.4, 0.5) is 0 Å². The summed E-state index contributed by atoms with van der Waals surface area (Å²) >= 11 is 0. The third-order valence-corrected chi connectivity index (χ3v) is 1.66. The predicted octanol–water partition coefficient (Wildman–Crippen LogP) is -0.233. The fraction of sp³-hybridized carbons (Fsp3) is 0.500. The number of imide groups is 1. The topological polar surface area (TPSA) is 49.4 Å². The molecule has 0 bridgehead atoms. The Kier molecular flexibility index (Phi) is 2.99. The van der Waals surface area contributed by atoms with Gasteiger partial charge in [-0.25, -0.2) is 0 Å². The largest absolute Gasteiger partial charge is 0.315 e. The zero-order valence-electron chi connectivity index (χ0n) is 7.04. The van der Waals surface area contributed by atoms with Gasteiger partial charge in [-0.2, -0.15) is 0 Å². The minimum atomic E-state index is -0.210. The van der Waals surface area contributed by atoms with Gasteiger partial charge in [-0.05, 0) is 6.54 Å². The van der Waals surface area contributed by atoms with E-state index in [2.05, 4.69) is 5.32 Å². The monoisotopic (exact) mass is 170 g/mol. The maximum absolute atomic E-state index is 11.0. The summed E-state index contributed by atoms with van der Waals surface area (Å²) in [5, 5.41) is 3.04. The molecule has 0 saturated heterocycles. The molecule has 0 atom stereocenters. The van der Waals surface area contributed by atoms with Crippen molar-refractivity contribution in [3.05, 3.63) is 12.2 Å². The molecule has 1 rings (SSSR count). The number of carbonyl (C=O) groups is 2. The van der Waals surface area contributed by atoms with Crippen LogP contribution in [0.25, 0.3) is 0 Å². The lowest BCUT2D eigenvalue weighted by molar-refractivity contribution is -0.136. The van der Waals surface area contributed by atoms with E-state index in [1.807, 2.05) is 6.92 Å². The van der Waals surface area contributed by atoms with Crippen molar-refractivity contribution >= 4 is 11.8 Å². The molecule has 0 saturated carbocycles. The first kappa shape index (κ1) is 8.93. The Morgan fingerprint density at radius 2 is 2.00 bits per heavy atom. The zero-order valence-corrected chi connectivity index (χ0v) is 7.04. The molecule has 1 aliphatic heterocycles. The van der Waals surface area contributed by atoms with Gasteiger partial charge in [-0.15, -0.1) is 0 Å². The van der Waals surface area contributed by atoms with Crippen LogP contribution in [0, 0.1) is 0 Å². The van der Waals surface area contributed by atoms with E-state index in [4.69, 9.17) is 0 Å². The summed E-state index contributed by atoms with van der Waals surface area (Å²) in [6.45, 7) is 3.95. The van der Waals surface area contributed by atoms with Gasteiger partial charge in [0, 0.05) is 26.7 Å². The zero-order chi connectivity index (χ0) is 8.97. The van der Waals surface area contributed by atoms with Crippen LogP contribution in [-0.4, -0.2) is 36.3 Å². The van der Waals surface area contributed by atoms with Crippen molar-refractivity contribution in [1.82, 2.24) is 10.2 Å². The second-order valence-corrected chi connectivity index (χ2v) is 2.52. The van der Waals surface area contributed by atoms with E-state index >= 15 is 0 Å². The number of amides is 2. The highest BCUT2D eigenvalue weighted by atomic mass is 16.2. The molecule has 0 unspecified atom stereocenters. The first-order valence-electron chi connectivity index (χ1n) is 4.00. The molecule has 0 spiro atoms. The van der Waals surface area contributed by atoms with Crippen LogP contribution < -0.4 is 5.32 Å². The molecule has 1 N–H and O–H groups in total. The first-order valence-corrected chi connectivity index (χ1v) is 4.00. The lowest BCUT2D eigenvalue weighted by Gasteiger charge is -2.12. The highest BCUT2D eigenvalue weighted by molar-refractivity contribution is 6.12. The number of hydrogen-bond acceptors (Lipinski definition) is 3. The summed E-state index contributed by atoms with van der Waals surface area (Å²) in [4.78, 5) is 23.2. The van der Waals surface area contributed by atoms with Gasteiger partial charge < -0.3 is 5.32 Å². The Labute approximate surface area is 72.7 Å². The quantitative estimate of drug-likeness (QED) is 0.468. The van der Waals surface area contributed by atoms with E-state index in [9.17, 15) is 9.59 Å². The fourth-order valence-electron chi connectivity index (χ4n) is 1.02. The molecule has 1 heterocycles. The molecule has 4 heteroatoms. The number of nitrogens with zero attached hydrogens (tertiary/aromatic N) is 1. The second-order valence-electron chi connectivity index (χ2n) is 2.52. The molecule has 1 aliphatic rings. The summed E-state index contributed by atoms with van der Waals surface area (Å²) in [6.07, 6.45) is 2.60. The van der Waals surface area contributed by atoms with Gasteiger partial charge in [-0.1, -0.05) is 6.92 Å². The summed E-state index contributed by atoms with van der Waals surface area (Å²) in [6, 6.07) is 0. The average molecular weight is 170 g/mol. The Balaban J connectivity index is 0.00000144. The second kappa shape index (κ2) is 4.01. The molecule has 68 valence electrons. The maximum Gasteiger partial charge on any atom is 0.253 e. The van der Waals surface area contributed by atoms with Gasteiger partial charge in [0.15, 0.2) is 0 Å². The van der Waals surface area contributed by atoms with Crippen LogP contribution >= 0.6 is 0 Å². The van der Waals surface area contributed by atoms with Gasteiger partial charge >= 0.3 is 0 Å². The standard InChI is InChI=1S/C8H12N2O2.H2/c1-2-9-5-6-10-7(11)3-4-8(10)12;/h3-4,9H,2,5-6H2,1H3;1H. The van der Waals surface area contributed by atoms with E-state index in [0.29, 0.717) is 13.1 Å². The van der Waals surface area contributed by atoms with Crippen molar-refractivity contribution < 1.29 is 11.0 Å². The van der Waals surface area contributed by atoms with Crippen molar-refractivity contribution in [1.29, 1.82) is 0 Å². The third kappa shape index (κ3) is 1.92. The van der Waals surface area contributed by atoms with E-state index < -0.39 is 0 Å². The number of rotatable bonds is 4. The molecular weight excluding hydrogens is 156 g/mol. The van der Waals surface area contributed by atoms with Crippen molar-refractivity contribution in [2.75, 3.05) is 19.6 Å². The predicted molar refractivity (Wildman–Crippen MR) is 46.5 cm³/mol. The van der Waals surface area contributed by atoms with E-state index in [1.54, 1.807) is 0 Å². The molecule has 0 fully saturated rings. The average Bonchev–Trinajstić information content (AvgIpc) is 2.35. The van der Waals surface area contributed by atoms with Crippen LogP contribution in [0.3, 0.4) is 0 Å². The van der Waals surface area contributed by atoms with Crippen LogP contribution in [0.15, 0.2) is 12.2 Å². The number of likely N-dealkylation sites (N-methyl/N-ethyl adjacent to an activating group) is 1. The summed E-state index contributed by atoms with van der Waals surface area (Å²) in [5.41, 5.74) is 0. The van der Waals surface area contributed by atoms with Gasteiger partial charge in [0.1, 0.15) is 0 Å². The first-order chi connectivity index (χ1) is 5.75. The van der Waals surface area contributed by atoms with Crippen molar-refractivity contribution in [3.63, 3.8) is 0 Å². The highest BCUT2D eigenvalue weighted by Crippen LogP contribution is 2.01. The number of nitrogens with one attached hydrogen (secondary N) is 1. The Morgan fingerprint density at radius 3 is 2.50 bits per heavy atom. The molecule has 0 radical (unpaired) electrons. The highest BCUT2D eigenvalue weighted by Gasteiger charge is 2.21. The Hall–Kier alpha value is -1.16. The minimum Gasteiger partial charge on any atom is -0.315 e. The Bertz CT molecular complexity index is 210. The molecule has 0 aromatic heterocycles. The van der Waals surface area contributed by atoms with Crippen molar-refractivity contribution in [2.45, 2.75) is 6.92 Å². The van der Waals surface area contributed by atoms with Gasteiger partial charge in [0.25, 0.3) is 11.8 Å². The van der Waals surface area contributed by atoms with Crippen molar-refractivity contribution in [2.24, 2.45) is 0 Å². The normalized spacial score (nSPS) is 16.2. The van der Waals surface area contributed by atoms with Gasteiger partial charge in [0.05, 0.1) is 0 Å². The van der Waals surface area contributed by atoms with Crippen molar-refractivity contribution in [3.8, 4) is 0 Å². The van der Waals surface area contributed by atoms with Gasteiger partial charge in [0.2, 0.25) is 0 Å². The smallest absolute Gasteiger partial charge is 0.253 e. The van der Waals surface area contributed by atoms with E-state index in [0.717, 1.165) is 6.54 Å². The van der Waals surface area contributed by atoms with Gasteiger partial charge in [-0.3, -0.25) is 14.5 Å².